The molecule has 1 aromatic carbocycles. The van der Waals surface area contributed by atoms with E-state index in [9.17, 15) is 4.39 Å². The highest BCUT2D eigenvalue weighted by molar-refractivity contribution is 6.30. The first-order chi connectivity index (χ1) is 18.5. The molecule has 1 fully saturated rings. The minimum absolute atomic E-state index is 0.319. The fourth-order valence-electron chi connectivity index (χ4n) is 4.49. The van der Waals surface area contributed by atoms with Gasteiger partial charge in [-0.3, -0.25) is 0 Å². The summed E-state index contributed by atoms with van der Waals surface area (Å²) in [7, 11) is 2.15. The summed E-state index contributed by atoms with van der Waals surface area (Å²) in [6.07, 6.45) is 13.6. The average molecular weight is 527 g/mol. The van der Waals surface area contributed by atoms with E-state index in [-0.39, 0.29) is 0 Å². The zero-order chi connectivity index (χ0) is 26.5. The highest BCUT2D eigenvalue weighted by Crippen LogP contribution is 2.33. The van der Waals surface area contributed by atoms with E-state index in [0.29, 0.717) is 27.6 Å². The summed E-state index contributed by atoms with van der Waals surface area (Å²) >= 11 is 6.16. The van der Waals surface area contributed by atoms with Crippen LogP contribution in [0.1, 0.15) is 12.6 Å². The van der Waals surface area contributed by atoms with Crippen LogP contribution in [0.5, 0.6) is 0 Å². The van der Waals surface area contributed by atoms with Crippen molar-refractivity contribution in [1.29, 1.82) is 0 Å². The van der Waals surface area contributed by atoms with Gasteiger partial charge < -0.3 is 9.80 Å². The SMILES string of the molecule is C\C=C/C(=C\C=C\c1cc(-c2cc(-c3cc(Cl)ccc3F)nc3ncccc23)cnn1)N1CCN(C)CC1. The van der Waals surface area contributed by atoms with Crippen LogP contribution in [-0.2, 0) is 0 Å². The molecule has 1 aliphatic rings. The molecule has 0 radical (unpaired) electrons. The fraction of sp³-hybridized carbons (Fsp3) is 0.200. The topological polar surface area (TPSA) is 58.0 Å². The van der Waals surface area contributed by atoms with Gasteiger partial charge in [0, 0.05) is 59.6 Å². The third-order valence-electron chi connectivity index (χ3n) is 6.51. The fourth-order valence-corrected chi connectivity index (χ4v) is 4.66. The number of benzene rings is 1. The number of rotatable bonds is 6. The lowest BCUT2D eigenvalue weighted by atomic mass is 10.0. The number of aromatic nitrogens is 4. The van der Waals surface area contributed by atoms with Crippen LogP contribution in [0.15, 0.2) is 84.9 Å². The van der Waals surface area contributed by atoms with Crippen molar-refractivity contribution >= 4 is 28.7 Å². The molecule has 0 spiro atoms. The molecule has 0 amide bonds. The van der Waals surface area contributed by atoms with E-state index in [0.717, 1.165) is 42.7 Å². The number of likely N-dealkylation sites (N-methyl/N-ethyl adjacent to an activating group) is 1. The molecule has 0 aliphatic carbocycles. The van der Waals surface area contributed by atoms with E-state index in [2.05, 4.69) is 55.2 Å². The van der Waals surface area contributed by atoms with Gasteiger partial charge in [0.05, 0.1) is 17.6 Å². The van der Waals surface area contributed by atoms with Crippen LogP contribution in [-0.4, -0.2) is 63.2 Å². The Bertz CT molecular complexity index is 1540. The molecule has 38 heavy (non-hydrogen) atoms. The number of hydrogen-bond donors (Lipinski definition) is 0. The van der Waals surface area contributed by atoms with Gasteiger partial charge in [-0.2, -0.15) is 10.2 Å². The predicted molar refractivity (Wildman–Crippen MR) is 152 cm³/mol. The van der Waals surface area contributed by atoms with Crippen molar-refractivity contribution in [3.05, 3.63) is 101 Å². The van der Waals surface area contributed by atoms with E-state index in [4.69, 9.17) is 11.6 Å². The van der Waals surface area contributed by atoms with Crippen molar-refractivity contribution in [2.45, 2.75) is 6.92 Å². The number of piperazine rings is 1. The number of fused-ring (bicyclic) bond motifs is 1. The summed E-state index contributed by atoms with van der Waals surface area (Å²) in [4.78, 5) is 13.8. The molecular weight excluding hydrogens is 499 g/mol. The van der Waals surface area contributed by atoms with Gasteiger partial charge in [-0.15, -0.1) is 0 Å². The van der Waals surface area contributed by atoms with Crippen molar-refractivity contribution in [2.24, 2.45) is 0 Å². The van der Waals surface area contributed by atoms with Crippen molar-refractivity contribution in [1.82, 2.24) is 30.0 Å². The van der Waals surface area contributed by atoms with Gasteiger partial charge in [0.25, 0.3) is 0 Å². The number of halogens is 2. The molecule has 0 N–H and O–H groups in total. The molecule has 8 heteroatoms. The molecule has 1 aliphatic heterocycles. The van der Waals surface area contributed by atoms with Gasteiger partial charge in [-0.25, -0.2) is 14.4 Å². The van der Waals surface area contributed by atoms with Gasteiger partial charge in [-0.1, -0.05) is 23.8 Å². The van der Waals surface area contributed by atoms with Crippen molar-refractivity contribution in [3.8, 4) is 22.4 Å². The molecule has 192 valence electrons. The van der Waals surface area contributed by atoms with E-state index < -0.39 is 5.82 Å². The quantitative estimate of drug-likeness (QED) is 0.276. The Hall–Kier alpha value is -3.94. The molecule has 0 bridgehead atoms. The minimum atomic E-state index is -0.399. The van der Waals surface area contributed by atoms with Gasteiger partial charge in [0.15, 0.2) is 5.65 Å². The predicted octanol–water partition coefficient (Wildman–Crippen LogP) is 6.27. The Kier molecular flexibility index (Phi) is 7.86. The summed E-state index contributed by atoms with van der Waals surface area (Å²) in [5, 5.41) is 9.83. The maximum absolute atomic E-state index is 14.7. The summed E-state index contributed by atoms with van der Waals surface area (Å²) in [5.74, 6) is -0.399. The largest absolute Gasteiger partial charge is 0.369 e. The molecule has 0 atom stereocenters. The average Bonchev–Trinajstić information content (AvgIpc) is 2.94. The molecule has 6 nitrogen and oxygen atoms in total. The summed E-state index contributed by atoms with van der Waals surface area (Å²) < 4.78 is 14.7. The Labute approximate surface area is 226 Å². The van der Waals surface area contributed by atoms with E-state index in [1.54, 1.807) is 18.5 Å². The Balaban J connectivity index is 1.50. The molecular formula is C30H28ClFN6. The summed E-state index contributed by atoms with van der Waals surface area (Å²) in [6, 6.07) is 12.0. The van der Waals surface area contributed by atoms with Crippen LogP contribution in [0.3, 0.4) is 0 Å². The smallest absolute Gasteiger partial charge is 0.160 e. The maximum atomic E-state index is 14.7. The molecule has 0 saturated carbocycles. The first-order valence-electron chi connectivity index (χ1n) is 12.5. The monoisotopic (exact) mass is 526 g/mol. The summed E-state index contributed by atoms with van der Waals surface area (Å²) in [5.41, 5.74) is 4.83. The third kappa shape index (κ3) is 5.79. The van der Waals surface area contributed by atoms with Gasteiger partial charge in [0.2, 0.25) is 0 Å². The molecule has 4 aromatic rings. The van der Waals surface area contributed by atoms with Crippen LogP contribution in [0.4, 0.5) is 4.39 Å². The van der Waals surface area contributed by atoms with Crippen molar-refractivity contribution < 1.29 is 4.39 Å². The Morgan fingerprint density at radius 2 is 1.89 bits per heavy atom. The lowest BCUT2D eigenvalue weighted by molar-refractivity contribution is 0.190. The highest BCUT2D eigenvalue weighted by atomic mass is 35.5. The van der Waals surface area contributed by atoms with Crippen molar-refractivity contribution in [3.63, 3.8) is 0 Å². The van der Waals surface area contributed by atoms with Gasteiger partial charge in [0.1, 0.15) is 5.82 Å². The van der Waals surface area contributed by atoms with Crippen LogP contribution in [0.2, 0.25) is 5.02 Å². The molecule has 5 rings (SSSR count). The lowest BCUT2D eigenvalue weighted by Crippen LogP contribution is -2.43. The summed E-state index contributed by atoms with van der Waals surface area (Å²) in [6.45, 7) is 6.10. The number of allylic oxidation sites excluding steroid dienone is 4. The number of pyridine rings is 2. The number of hydrogen-bond acceptors (Lipinski definition) is 6. The maximum Gasteiger partial charge on any atom is 0.160 e. The minimum Gasteiger partial charge on any atom is -0.369 e. The normalized spacial score (nSPS) is 15.3. The molecule has 3 aromatic heterocycles. The van der Waals surface area contributed by atoms with Gasteiger partial charge in [-0.05, 0) is 80.2 Å². The molecule has 0 unspecified atom stereocenters. The molecule has 1 saturated heterocycles. The van der Waals surface area contributed by atoms with Crippen LogP contribution >= 0.6 is 11.6 Å². The van der Waals surface area contributed by atoms with Crippen LogP contribution in [0, 0.1) is 5.82 Å². The Morgan fingerprint density at radius 1 is 1.05 bits per heavy atom. The second kappa shape index (κ2) is 11.6. The standard InChI is InChI=1S/C30H28ClFN6/c1-3-6-24(38-15-13-37(2)14-16-38)8-4-7-23-17-21(20-34-36-23)26-19-29(27-18-22(31)10-11-28(27)32)35-30-25(26)9-5-12-33-30/h3-12,17-20H,13-16H2,1-2H3/b6-3-,7-4+,24-8+. The third-order valence-corrected chi connectivity index (χ3v) is 6.75. The Morgan fingerprint density at radius 3 is 2.71 bits per heavy atom. The first kappa shape index (κ1) is 25.7. The van der Waals surface area contributed by atoms with E-state index >= 15 is 0 Å². The second-order valence-corrected chi connectivity index (χ2v) is 9.60. The van der Waals surface area contributed by atoms with Crippen LogP contribution < -0.4 is 0 Å². The zero-order valence-electron chi connectivity index (χ0n) is 21.4. The van der Waals surface area contributed by atoms with Crippen molar-refractivity contribution in [2.75, 3.05) is 33.2 Å². The second-order valence-electron chi connectivity index (χ2n) is 9.16. The van der Waals surface area contributed by atoms with Crippen LogP contribution in [0.25, 0.3) is 39.5 Å². The molecule has 4 heterocycles. The van der Waals surface area contributed by atoms with E-state index in [1.165, 1.54) is 17.8 Å². The lowest BCUT2D eigenvalue weighted by Gasteiger charge is -2.34. The first-order valence-corrected chi connectivity index (χ1v) is 12.9. The highest BCUT2D eigenvalue weighted by Gasteiger charge is 2.15. The zero-order valence-corrected chi connectivity index (χ0v) is 22.1. The number of nitrogens with zero attached hydrogens (tertiary/aromatic N) is 6. The van der Waals surface area contributed by atoms with E-state index in [1.807, 2.05) is 43.3 Å². The van der Waals surface area contributed by atoms with Gasteiger partial charge >= 0.3 is 0 Å².